The number of nitrogens with zero attached hydrogens (tertiary/aromatic N) is 3. The Balaban J connectivity index is 1.78. The molecule has 0 N–H and O–H groups in total. The van der Waals surface area contributed by atoms with Gasteiger partial charge in [0, 0.05) is 18.4 Å². The van der Waals surface area contributed by atoms with Gasteiger partial charge in [0.15, 0.2) is 22.5 Å². The maximum Gasteiger partial charge on any atom is 0.191 e. The first-order chi connectivity index (χ1) is 13.1. The fourth-order valence-corrected chi connectivity index (χ4v) is 3.73. The van der Waals surface area contributed by atoms with Gasteiger partial charge in [-0.3, -0.25) is 0 Å². The van der Waals surface area contributed by atoms with Crippen LogP contribution in [0.3, 0.4) is 0 Å². The van der Waals surface area contributed by atoms with Crippen LogP contribution in [0.25, 0.3) is 11.4 Å². The first-order valence-corrected chi connectivity index (χ1v) is 9.44. The normalized spacial score (nSPS) is 10.7. The molecule has 0 aliphatic carbocycles. The molecule has 142 valence electrons. The second-order valence-corrected chi connectivity index (χ2v) is 6.96. The van der Waals surface area contributed by atoms with E-state index in [2.05, 4.69) is 17.1 Å². The number of benzene rings is 2. The Kier molecular flexibility index (Phi) is 5.91. The number of rotatable bonds is 7. The van der Waals surface area contributed by atoms with Gasteiger partial charge in [-0.05, 0) is 54.4 Å². The molecule has 0 bridgehead atoms. The van der Waals surface area contributed by atoms with Crippen LogP contribution in [-0.2, 0) is 12.8 Å². The van der Waals surface area contributed by atoms with Crippen molar-refractivity contribution in [2.75, 3.05) is 21.3 Å². The summed E-state index contributed by atoms with van der Waals surface area (Å²) in [7, 11) is 6.92. The van der Waals surface area contributed by atoms with Gasteiger partial charge in [0.25, 0.3) is 0 Å². The zero-order valence-corrected chi connectivity index (χ0v) is 17.0. The number of aryl methyl sites for hydroxylation is 1. The van der Waals surface area contributed by atoms with E-state index in [0.29, 0.717) is 0 Å². The van der Waals surface area contributed by atoms with E-state index in [9.17, 15) is 0 Å². The average Bonchev–Trinajstić information content (AvgIpc) is 3.07. The predicted molar refractivity (Wildman–Crippen MR) is 107 cm³/mol. The van der Waals surface area contributed by atoms with Crippen molar-refractivity contribution in [3.63, 3.8) is 0 Å². The summed E-state index contributed by atoms with van der Waals surface area (Å²) in [6.07, 6.45) is 0. The SMILES string of the molecule is COc1ccc(-c2nnc(SCc3cc(OC)c(OC)cc3C)n2C)cc1. The van der Waals surface area contributed by atoms with Gasteiger partial charge in [-0.25, -0.2) is 0 Å². The van der Waals surface area contributed by atoms with Gasteiger partial charge in [0.2, 0.25) is 0 Å². The van der Waals surface area contributed by atoms with Gasteiger partial charge in [-0.2, -0.15) is 0 Å². The average molecular weight is 385 g/mol. The molecule has 3 rings (SSSR count). The van der Waals surface area contributed by atoms with Crippen LogP contribution in [0.15, 0.2) is 41.6 Å². The molecule has 27 heavy (non-hydrogen) atoms. The fraction of sp³-hybridized carbons (Fsp3) is 0.300. The zero-order chi connectivity index (χ0) is 19.4. The summed E-state index contributed by atoms with van der Waals surface area (Å²) in [5.41, 5.74) is 3.32. The van der Waals surface area contributed by atoms with E-state index in [1.165, 1.54) is 5.56 Å². The first-order valence-electron chi connectivity index (χ1n) is 8.45. The maximum atomic E-state index is 5.41. The largest absolute Gasteiger partial charge is 0.497 e. The van der Waals surface area contributed by atoms with Crippen molar-refractivity contribution in [3.8, 4) is 28.6 Å². The Morgan fingerprint density at radius 1 is 0.926 bits per heavy atom. The smallest absolute Gasteiger partial charge is 0.191 e. The van der Waals surface area contributed by atoms with Crippen molar-refractivity contribution in [2.45, 2.75) is 17.8 Å². The lowest BCUT2D eigenvalue weighted by molar-refractivity contribution is 0.354. The second-order valence-electron chi connectivity index (χ2n) is 6.02. The van der Waals surface area contributed by atoms with Gasteiger partial charge < -0.3 is 18.8 Å². The molecule has 0 spiro atoms. The van der Waals surface area contributed by atoms with Crippen LogP contribution in [0.5, 0.6) is 17.2 Å². The van der Waals surface area contributed by atoms with Gasteiger partial charge in [-0.15, -0.1) is 10.2 Å². The third-order valence-electron chi connectivity index (χ3n) is 4.38. The van der Waals surface area contributed by atoms with Crippen LogP contribution in [0.2, 0.25) is 0 Å². The minimum absolute atomic E-state index is 0.732. The summed E-state index contributed by atoms with van der Waals surface area (Å²) in [4.78, 5) is 0. The zero-order valence-electron chi connectivity index (χ0n) is 16.1. The molecule has 0 fully saturated rings. The molecule has 0 amide bonds. The predicted octanol–water partition coefficient (Wildman–Crippen LogP) is 4.11. The lowest BCUT2D eigenvalue weighted by Crippen LogP contribution is -1.97. The molecule has 7 heteroatoms. The molecule has 0 saturated carbocycles. The number of hydrogen-bond acceptors (Lipinski definition) is 6. The first kappa shape index (κ1) is 19.1. The summed E-state index contributed by atoms with van der Waals surface area (Å²) in [6, 6.07) is 11.8. The van der Waals surface area contributed by atoms with E-state index < -0.39 is 0 Å². The molecule has 0 aliphatic heterocycles. The molecule has 0 atom stereocenters. The van der Waals surface area contributed by atoms with Crippen LogP contribution in [0.1, 0.15) is 11.1 Å². The Labute approximate surface area is 163 Å². The Morgan fingerprint density at radius 3 is 2.22 bits per heavy atom. The highest BCUT2D eigenvalue weighted by atomic mass is 32.2. The molecule has 3 aromatic rings. The highest BCUT2D eigenvalue weighted by Gasteiger charge is 2.14. The number of aromatic nitrogens is 3. The van der Waals surface area contributed by atoms with Crippen LogP contribution in [-0.4, -0.2) is 36.1 Å². The Hall–Kier alpha value is -2.67. The van der Waals surface area contributed by atoms with Crippen molar-refractivity contribution in [1.29, 1.82) is 0 Å². The lowest BCUT2D eigenvalue weighted by atomic mass is 10.1. The van der Waals surface area contributed by atoms with Crippen LogP contribution >= 0.6 is 11.8 Å². The fourth-order valence-electron chi connectivity index (χ4n) is 2.75. The minimum Gasteiger partial charge on any atom is -0.497 e. The molecule has 0 saturated heterocycles. The van der Waals surface area contributed by atoms with Gasteiger partial charge in [0.1, 0.15) is 5.75 Å². The second kappa shape index (κ2) is 8.35. The van der Waals surface area contributed by atoms with Gasteiger partial charge >= 0.3 is 0 Å². The molecule has 0 radical (unpaired) electrons. The summed E-state index contributed by atoms with van der Waals surface area (Å²) in [5, 5.41) is 9.54. The van der Waals surface area contributed by atoms with Crippen molar-refractivity contribution in [2.24, 2.45) is 7.05 Å². The van der Waals surface area contributed by atoms with Gasteiger partial charge in [-0.1, -0.05) is 11.8 Å². The molecular formula is C20H23N3O3S. The standard InChI is InChI=1S/C20H23N3O3S/c1-13-10-17(25-4)18(26-5)11-15(13)12-27-20-22-21-19(23(20)2)14-6-8-16(24-3)9-7-14/h6-11H,12H2,1-5H3. The summed E-state index contributed by atoms with van der Waals surface area (Å²) in [6.45, 7) is 2.07. The van der Waals surface area contributed by atoms with E-state index in [4.69, 9.17) is 14.2 Å². The van der Waals surface area contributed by atoms with Crippen molar-refractivity contribution in [1.82, 2.24) is 14.8 Å². The molecular weight excluding hydrogens is 362 g/mol. The molecule has 2 aromatic carbocycles. The molecule has 1 aromatic heterocycles. The van der Waals surface area contributed by atoms with E-state index >= 15 is 0 Å². The van der Waals surface area contributed by atoms with E-state index in [0.717, 1.165) is 45.1 Å². The van der Waals surface area contributed by atoms with E-state index in [1.54, 1.807) is 33.1 Å². The molecule has 0 aliphatic rings. The van der Waals surface area contributed by atoms with Gasteiger partial charge in [0.05, 0.1) is 21.3 Å². The van der Waals surface area contributed by atoms with Crippen LogP contribution in [0.4, 0.5) is 0 Å². The minimum atomic E-state index is 0.732. The summed E-state index contributed by atoms with van der Waals surface area (Å²) < 4.78 is 18.0. The topological polar surface area (TPSA) is 58.4 Å². The van der Waals surface area contributed by atoms with Crippen LogP contribution in [0, 0.1) is 6.92 Å². The summed E-state index contributed by atoms with van der Waals surface area (Å²) in [5.74, 6) is 3.88. The lowest BCUT2D eigenvalue weighted by Gasteiger charge is -2.12. The van der Waals surface area contributed by atoms with E-state index in [-0.39, 0.29) is 0 Å². The quantitative estimate of drug-likeness (QED) is 0.571. The number of methoxy groups -OCH3 is 3. The van der Waals surface area contributed by atoms with E-state index in [1.807, 2.05) is 48.0 Å². The third kappa shape index (κ3) is 4.03. The third-order valence-corrected chi connectivity index (χ3v) is 5.45. The maximum absolute atomic E-state index is 5.41. The van der Waals surface area contributed by atoms with Crippen molar-refractivity contribution in [3.05, 3.63) is 47.5 Å². The summed E-state index contributed by atoms with van der Waals surface area (Å²) >= 11 is 1.64. The Bertz CT molecular complexity index is 923. The number of thioether (sulfide) groups is 1. The highest BCUT2D eigenvalue weighted by Crippen LogP contribution is 2.33. The monoisotopic (exact) mass is 385 g/mol. The molecule has 6 nitrogen and oxygen atoms in total. The molecule has 0 unspecified atom stereocenters. The number of ether oxygens (including phenoxy) is 3. The van der Waals surface area contributed by atoms with Crippen molar-refractivity contribution < 1.29 is 14.2 Å². The number of hydrogen-bond donors (Lipinski definition) is 0. The Morgan fingerprint density at radius 2 is 1.59 bits per heavy atom. The van der Waals surface area contributed by atoms with Crippen LogP contribution < -0.4 is 14.2 Å². The van der Waals surface area contributed by atoms with Crippen molar-refractivity contribution >= 4 is 11.8 Å². The highest BCUT2D eigenvalue weighted by molar-refractivity contribution is 7.98. The molecule has 1 heterocycles.